The maximum Gasteiger partial charge on any atom is 0.573 e. The third-order valence-corrected chi connectivity index (χ3v) is 5.12. The van der Waals surface area contributed by atoms with Gasteiger partial charge in [0, 0.05) is 31.9 Å². The van der Waals surface area contributed by atoms with Gasteiger partial charge in [-0.15, -0.1) is 13.2 Å². The molecule has 1 fully saturated rings. The molecule has 0 aromatic heterocycles. The van der Waals surface area contributed by atoms with E-state index in [9.17, 15) is 27.6 Å². The molecule has 34 heavy (non-hydrogen) atoms. The van der Waals surface area contributed by atoms with Crippen LogP contribution in [0.1, 0.15) is 11.6 Å². The molecule has 2 aromatic rings. The van der Waals surface area contributed by atoms with Crippen LogP contribution in [-0.2, 0) is 9.59 Å². The predicted octanol–water partition coefficient (Wildman–Crippen LogP) is 2.08. The number of alkyl halides is 3. The molecule has 0 bridgehead atoms. The lowest BCUT2D eigenvalue weighted by atomic mass is 10.0. The first-order valence-corrected chi connectivity index (χ1v) is 10.4. The number of ether oxygens (including phenoxy) is 1. The number of primary amides is 1. The first-order chi connectivity index (χ1) is 16.1. The van der Waals surface area contributed by atoms with Crippen LogP contribution in [0.15, 0.2) is 54.6 Å². The van der Waals surface area contributed by atoms with Crippen molar-refractivity contribution in [1.82, 2.24) is 15.1 Å². The fourth-order valence-corrected chi connectivity index (χ4v) is 3.68. The Morgan fingerprint density at radius 2 is 1.59 bits per heavy atom. The van der Waals surface area contributed by atoms with E-state index in [4.69, 9.17) is 5.73 Å². The summed E-state index contributed by atoms with van der Waals surface area (Å²) < 4.78 is 40.5. The molecule has 4 amide bonds. The predicted molar refractivity (Wildman–Crippen MR) is 117 cm³/mol. The highest BCUT2D eigenvalue weighted by molar-refractivity contribution is 5.96. The molecule has 0 saturated carbocycles. The molecule has 1 heterocycles. The molecule has 12 heteroatoms. The number of anilines is 1. The number of hydrogen-bond donors (Lipinski definition) is 3. The minimum Gasteiger partial charge on any atom is -0.406 e. The Kier molecular flexibility index (Phi) is 8.08. The van der Waals surface area contributed by atoms with Gasteiger partial charge in [0.05, 0.1) is 6.54 Å². The number of urea groups is 1. The maximum absolute atomic E-state index is 12.6. The molecule has 9 nitrogen and oxygen atoms in total. The van der Waals surface area contributed by atoms with Crippen molar-refractivity contribution in [3.05, 3.63) is 60.2 Å². The number of carbonyl (C=O) groups excluding carboxylic acids is 3. The summed E-state index contributed by atoms with van der Waals surface area (Å²) in [7, 11) is 0. The molecule has 4 N–H and O–H groups in total. The highest BCUT2D eigenvalue weighted by Crippen LogP contribution is 2.24. The quantitative estimate of drug-likeness (QED) is 0.560. The molecule has 1 aliphatic rings. The number of halogens is 3. The summed E-state index contributed by atoms with van der Waals surface area (Å²) in [6.45, 7) is 1.96. The zero-order valence-electron chi connectivity index (χ0n) is 18.0. The molecule has 1 aliphatic heterocycles. The molecule has 0 aliphatic carbocycles. The summed E-state index contributed by atoms with van der Waals surface area (Å²) in [4.78, 5) is 40.0. The molecule has 1 unspecified atom stereocenters. The van der Waals surface area contributed by atoms with Crippen LogP contribution in [-0.4, -0.2) is 66.7 Å². The molecule has 0 radical (unpaired) electrons. The summed E-state index contributed by atoms with van der Waals surface area (Å²) in [6, 6.07) is 12.2. The fourth-order valence-electron chi connectivity index (χ4n) is 3.68. The molecule has 2 aromatic carbocycles. The van der Waals surface area contributed by atoms with E-state index in [1.807, 2.05) is 15.9 Å². The van der Waals surface area contributed by atoms with Crippen molar-refractivity contribution in [3.8, 4) is 5.75 Å². The van der Waals surface area contributed by atoms with Crippen molar-refractivity contribution in [2.24, 2.45) is 5.73 Å². The van der Waals surface area contributed by atoms with Crippen molar-refractivity contribution in [2.45, 2.75) is 12.4 Å². The number of benzene rings is 2. The van der Waals surface area contributed by atoms with E-state index in [1.54, 1.807) is 24.3 Å². The third kappa shape index (κ3) is 7.46. The van der Waals surface area contributed by atoms with Gasteiger partial charge in [-0.1, -0.05) is 30.3 Å². The van der Waals surface area contributed by atoms with Crippen molar-refractivity contribution < 1.29 is 32.3 Å². The van der Waals surface area contributed by atoms with Crippen LogP contribution in [0.2, 0.25) is 0 Å². The lowest BCUT2D eigenvalue weighted by molar-refractivity contribution is -0.274. The van der Waals surface area contributed by atoms with Gasteiger partial charge in [0.1, 0.15) is 11.8 Å². The zero-order valence-corrected chi connectivity index (χ0v) is 18.0. The van der Waals surface area contributed by atoms with Crippen LogP contribution in [0.4, 0.5) is 23.7 Å². The topological polar surface area (TPSA) is 117 Å². The lowest BCUT2D eigenvalue weighted by Gasteiger charge is -2.38. The van der Waals surface area contributed by atoms with E-state index >= 15 is 0 Å². The molecule has 182 valence electrons. The molecular weight excluding hydrogens is 455 g/mol. The van der Waals surface area contributed by atoms with Crippen LogP contribution in [0, 0.1) is 0 Å². The Balaban J connectivity index is 1.53. The van der Waals surface area contributed by atoms with E-state index in [1.165, 1.54) is 12.1 Å². The highest BCUT2D eigenvalue weighted by Gasteiger charge is 2.32. The third-order valence-electron chi connectivity index (χ3n) is 5.12. The number of nitrogens with two attached hydrogens (primary N) is 1. The summed E-state index contributed by atoms with van der Waals surface area (Å²) in [5.74, 6) is -1.23. The summed E-state index contributed by atoms with van der Waals surface area (Å²) in [5.41, 5.74) is 6.17. The van der Waals surface area contributed by atoms with Gasteiger partial charge in [0.15, 0.2) is 0 Å². The number of nitrogens with one attached hydrogen (secondary N) is 2. The largest absolute Gasteiger partial charge is 0.573 e. The maximum atomic E-state index is 12.6. The fraction of sp³-hybridized carbons (Fsp3) is 0.318. The molecular formula is C22H24F3N5O4. The Labute approximate surface area is 193 Å². The Morgan fingerprint density at radius 3 is 2.15 bits per heavy atom. The first kappa shape index (κ1) is 25.0. The number of hydrogen-bond acceptors (Lipinski definition) is 6. The van der Waals surface area contributed by atoms with Gasteiger partial charge >= 0.3 is 12.4 Å². The van der Waals surface area contributed by atoms with Crippen molar-refractivity contribution in [2.75, 3.05) is 38.0 Å². The minimum absolute atomic E-state index is 0.0676. The van der Waals surface area contributed by atoms with Crippen LogP contribution in [0.25, 0.3) is 0 Å². The van der Waals surface area contributed by atoms with Crippen LogP contribution in [0.5, 0.6) is 5.75 Å². The number of amides is 4. The molecule has 0 spiro atoms. The average Bonchev–Trinajstić information content (AvgIpc) is 2.76. The Morgan fingerprint density at radius 1 is 0.971 bits per heavy atom. The van der Waals surface area contributed by atoms with Gasteiger partial charge in [-0.05, 0) is 29.8 Å². The second-order valence-corrected chi connectivity index (χ2v) is 7.60. The minimum atomic E-state index is -4.78. The average molecular weight is 479 g/mol. The molecule has 1 saturated heterocycles. The lowest BCUT2D eigenvalue weighted by Crippen LogP contribution is -2.53. The molecule has 3 rings (SSSR count). The van der Waals surface area contributed by atoms with Crippen molar-refractivity contribution in [1.29, 1.82) is 0 Å². The van der Waals surface area contributed by atoms with Gasteiger partial charge in [0.2, 0.25) is 11.8 Å². The zero-order chi connectivity index (χ0) is 24.7. The number of imide groups is 1. The first-order valence-electron chi connectivity index (χ1n) is 10.4. The van der Waals surface area contributed by atoms with Crippen LogP contribution in [0.3, 0.4) is 0 Å². The van der Waals surface area contributed by atoms with Gasteiger partial charge < -0.3 is 15.8 Å². The monoisotopic (exact) mass is 479 g/mol. The smallest absolute Gasteiger partial charge is 0.406 e. The van der Waals surface area contributed by atoms with Gasteiger partial charge in [-0.2, -0.15) is 0 Å². The van der Waals surface area contributed by atoms with Gasteiger partial charge in [-0.25, -0.2) is 4.79 Å². The van der Waals surface area contributed by atoms with E-state index < -0.39 is 24.3 Å². The summed E-state index contributed by atoms with van der Waals surface area (Å²) in [6.07, 6.45) is -4.78. The van der Waals surface area contributed by atoms with E-state index in [0.29, 0.717) is 37.4 Å². The second-order valence-electron chi connectivity index (χ2n) is 7.60. The second kappa shape index (κ2) is 11.0. The number of rotatable bonds is 7. The van der Waals surface area contributed by atoms with Crippen molar-refractivity contribution >= 4 is 23.5 Å². The summed E-state index contributed by atoms with van der Waals surface area (Å²) in [5, 5.41) is 4.77. The van der Waals surface area contributed by atoms with Crippen LogP contribution < -0.4 is 21.1 Å². The van der Waals surface area contributed by atoms with Gasteiger partial charge in [-0.3, -0.25) is 24.7 Å². The number of piperazine rings is 1. The van der Waals surface area contributed by atoms with E-state index in [2.05, 4.69) is 15.4 Å². The Bertz CT molecular complexity index is 994. The summed E-state index contributed by atoms with van der Waals surface area (Å²) >= 11 is 0. The highest BCUT2D eigenvalue weighted by atomic mass is 19.4. The normalized spacial score (nSPS) is 15.9. The molecule has 1 atom stereocenters. The Hall–Kier alpha value is -3.64. The number of carbonyl (C=O) groups is 3. The standard InChI is InChI=1S/C22H24F3N5O4/c23-22(24,25)34-17-8-6-16(7-9-17)27-18(31)14-29-10-12-30(13-11-29)19(20(32)28-21(26)33)15-4-2-1-3-5-15/h1-9,19H,10-14H2,(H,27,31)(H3,26,28,32,33). The van der Waals surface area contributed by atoms with E-state index in [-0.39, 0.29) is 18.2 Å². The van der Waals surface area contributed by atoms with E-state index in [0.717, 1.165) is 12.1 Å². The van der Waals surface area contributed by atoms with Gasteiger partial charge in [0.25, 0.3) is 0 Å². The SMILES string of the molecule is NC(=O)NC(=O)C(c1ccccc1)N1CCN(CC(=O)Nc2ccc(OC(F)(F)F)cc2)CC1. The van der Waals surface area contributed by atoms with Crippen molar-refractivity contribution in [3.63, 3.8) is 0 Å². The number of nitrogens with zero attached hydrogens (tertiary/aromatic N) is 2. The van der Waals surface area contributed by atoms with Crippen LogP contribution >= 0.6 is 0 Å².